The Kier molecular flexibility index (Phi) is 10.9. The number of pyridine rings is 2. The van der Waals surface area contributed by atoms with E-state index in [1.54, 1.807) is 61.8 Å². The maximum Gasteiger partial charge on any atom is 0.335 e. The third kappa shape index (κ3) is 7.49. The van der Waals surface area contributed by atoms with E-state index in [-0.39, 0.29) is 59.0 Å². The van der Waals surface area contributed by atoms with Crippen molar-refractivity contribution in [1.29, 1.82) is 0 Å². The molecule has 0 spiro atoms. The Morgan fingerprint density at radius 2 is 1.93 bits per heavy atom. The van der Waals surface area contributed by atoms with Crippen LogP contribution in [0.5, 0.6) is 17.2 Å². The molecule has 0 amide bonds. The number of nitrogen functional groups attached to an aromatic ring is 2. The first kappa shape index (κ1) is 38.9. The number of aliphatic hydroxyl groups excluding tert-OH is 1. The van der Waals surface area contributed by atoms with Gasteiger partial charge in [0.25, 0.3) is 0 Å². The van der Waals surface area contributed by atoms with Crippen LogP contribution < -0.4 is 26.9 Å². The maximum atomic E-state index is 14.0. The number of rotatable bonds is 10. The van der Waals surface area contributed by atoms with Crippen LogP contribution in [-0.4, -0.2) is 56.1 Å². The zero-order valence-corrected chi connectivity index (χ0v) is 31.9. The molecule has 3 aromatic heterocycles. The van der Waals surface area contributed by atoms with Gasteiger partial charge < -0.3 is 46.0 Å². The van der Waals surface area contributed by atoms with Crippen molar-refractivity contribution in [3.8, 4) is 29.1 Å². The molecule has 0 saturated carbocycles. The predicted molar refractivity (Wildman–Crippen MR) is 215 cm³/mol. The topological polar surface area (TPSA) is 216 Å². The number of carbonyl (C=O) groups is 1. The molecule has 0 unspecified atom stereocenters. The van der Waals surface area contributed by atoms with Gasteiger partial charge in [0.15, 0.2) is 5.43 Å². The van der Waals surface area contributed by atoms with Gasteiger partial charge in [-0.25, -0.2) is 14.8 Å². The number of phenols is 2. The highest BCUT2D eigenvalue weighted by Gasteiger charge is 2.52. The molecule has 5 atom stereocenters. The average Bonchev–Trinajstić information content (AvgIpc) is 3.19. The SMILES string of the molecule is C/C=C(/CNCC)C(=O)O[C@@H]1Cc2c3c(c4oc(CO)cc(=O)c4c2O)[C@@H](c2ccnc(N)c2)[C@@H](c2cccc(O)c2)C#CC[C@@H](Cc2ccc(N)nc2)[C@]1(C)O3. The monoisotopic (exact) mass is 771 g/mol. The van der Waals surface area contributed by atoms with Crippen molar-refractivity contribution < 1.29 is 34.0 Å². The van der Waals surface area contributed by atoms with Crippen molar-refractivity contribution in [2.45, 2.75) is 70.2 Å². The number of carbonyl (C=O) groups excluding carboxylic acids is 1. The number of aliphatic hydroxyl groups is 1. The van der Waals surface area contributed by atoms with E-state index in [1.165, 1.54) is 0 Å². The molecule has 0 radical (unpaired) electrons. The summed E-state index contributed by atoms with van der Waals surface area (Å²) >= 11 is 0. The van der Waals surface area contributed by atoms with Gasteiger partial charge in [-0.05, 0) is 73.8 Å². The molecule has 5 heterocycles. The largest absolute Gasteiger partial charge is 0.508 e. The Bertz CT molecular complexity index is 2490. The molecular formula is C44H45N5O8. The number of nitrogens with one attached hydrogen (secondary N) is 1. The summed E-state index contributed by atoms with van der Waals surface area (Å²) in [6.45, 7) is 5.88. The molecule has 7 rings (SSSR count). The number of likely N-dealkylation sites (N-methyl/N-ethyl adjacent to an activating group) is 1. The Morgan fingerprint density at radius 1 is 1.11 bits per heavy atom. The van der Waals surface area contributed by atoms with Crippen LogP contribution in [0, 0.1) is 17.8 Å². The van der Waals surface area contributed by atoms with E-state index in [4.69, 9.17) is 25.4 Å². The molecule has 0 aliphatic carbocycles. The summed E-state index contributed by atoms with van der Waals surface area (Å²) in [6.07, 6.45) is 4.56. The number of aromatic hydroxyl groups is 2. The molecule has 13 heteroatoms. The number of anilines is 2. The molecule has 2 bridgehead atoms. The van der Waals surface area contributed by atoms with Crippen LogP contribution in [0.25, 0.3) is 11.0 Å². The van der Waals surface area contributed by atoms with Crippen molar-refractivity contribution in [2.75, 3.05) is 24.6 Å². The summed E-state index contributed by atoms with van der Waals surface area (Å²) in [5.41, 5.74) is 13.4. The van der Waals surface area contributed by atoms with Crippen LogP contribution in [0.15, 0.2) is 87.9 Å². The number of nitrogens with two attached hydrogens (primary N) is 2. The number of hydrogen-bond donors (Lipinski definition) is 6. The highest BCUT2D eigenvalue weighted by atomic mass is 16.6. The Morgan fingerprint density at radius 3 is 2.63 bits per heavy atom. The van der Waals surface area contributed by atoms with E-state index in [0.29, 0.717) is 41.0 Å². The van der Waals surface area contributed by atoms with Crippen molar-refractivity contribution in [1.82, 2.24) is 15.3 Å². The third-order valence-electron chi connectivity index (χ3n) is 11.0. The third-order valence-corrected chi connectivity index (χ3v) is 11.0. The smallest absolute Gasteiger partial charge is 0.335 e. The van der Waals surface area contributed by atoms with Crippen LogP contribution in [-0.2, 0) is 29.0 Å². The van der Waals surface area contributed by atoms with Crippen LogP contribution in [0.2, 0.25) is 0 Å². The van der Waals surface area contributed by atoms with Gasteiger partial charge in [0.2, 0.25) is 0 Å². The van der Waals surface area contributed by atoms with Crippen molar-refractivity contribution >= 4 is 28.6 Å². The summed E-state index contributed by atoms with van der Waals surface area (Å²) in [7, 11) is 0. The van der Waals surface area contributed by atoms with E-state index < -0.39 is 53.2 Å². The van der Waals surface area contributed by atoms with Gasteiger partial charge in [0.1, 0.15) is 63.9 Å². The molecule has 5 aromatic rings. The molecule has 294 valence electrons. The number of benzene rings is 2. The Hall–Kier alpha value is -6.36. The van der Waals surface area contributed by atoms with Crippen molar-refractivity contribution in [3.05, 3.63) is 122 Å². The van der Waals surface area contributed by atoms with E-state index >= 15 is 0 Å². The number of nitrogens with zero attached hydrogens (tertiary/aromatic N) is 2. The second-order valence-electron chi connectivity index (χ2n) is 14.6. The van der Waals surface area contributed by atoms with Gasteiger partial charge in [-0.1, -0.05) is 37.1 Å². The van der Waals surface area contributed by atoms with Gasteiger partial charge in [0, 0.05) is 66.4 Å². The first-order chi connectivity index (χ1) is 27.4. The standard InChI is InChI=1S/C44H45N5O8/c1-4-25(22-47-5-2)43(54)56-34-20-32-40(53)38-33(52)19-30(23-50)55-42(38)39-37(27-14-15-48-36(46)18-27)31(26-8-6-10-29(51)17-26)11-7-9-28(44(34,3)57-41(32)39)16-24-12-13-35(45)49-21-24/h4,6,8,10,12-15,17-19,21,28,31,34,37,47,50-51,53H,5,9,16,20,22-23H2,1-3H3,(H2,45,49)(H2,46,48)/b25-4-/t28-,31+,34+,37-,44-/m0/s1. The highest BCUT2D eigenvalue weighted by molar-refractivity contribution is 5.92. The van der Waals surface area contributed by atoms with Gasteiger partial charge in [-0.3, -0.25) is 4.79 Å². The first-order valence-electron chi connectivity index (χ1n) is 18.9. The lowest BCUT2D eigenvalue weighted by molar-refractivity contribution is -0.164. The van der Waals surface area contributed by atoms with E-state index in [1.807, 2.05) is 26.0 Å². The van der Waals surface area contributed by atoms with Gasteiger partial charge in [0.05, 0.1) is 5.92 Å². The van der Waals surface area contributed by atoms with Crippen LogP contribution in [0.1, 0.15) is 72.6 Å². The lowest BCUT2D eigenvalue weighted by Crippen LogP contribution is -2.57. The number of esters is 1. The van der Waals surface area contributed by atoms with Gasteiger partial charge >= 0.3 is 5.97 Å². The molecule has 2 aliphatic heterocycles. The van der Waals surface area contributed by atoms with E-state index in [0.717, 1.165) is 11.6 Å². The number of aromatic nitrogens is 2. The number of allylic oxidation sites excluding steroid dienone is 1. The summed E-state index contributed by atoms with van der Waals surface area (Å²) in [5.74, 6) is 4.78. The Labute approximate surface area is 329 Å². The zero-order chi connectivity index (χ0) is 40.4. The summed E-state index contributed by atoms with van der Waals surface area (Å²) in [6, 6.07) is 14.9. The van der Waals surface area contributed by atoms with Gasteiger partial charge in [-0.2, -0.15) is 0 Å². The van der Waals surface area contributed by atoms with E-state index in [2.05, 4.69) is 27.1 Å². The number of fused-ring (bicyclic) bond motifs is 3. The lowest BCUT2D eigenvalue weighted by atomic mass is 9.71. The normalized spacial score (nSPS) is 21.6. The minimum Gasteiger partial charge on any atom is -0.508 e. The van der Waals surface area contributed by atoms with Crippen LogP contribution in [0.3, 0.4) is 0 Å². The predicted octanol–water partition coefficient (Wildman–Crippen LogP) is 4.99. The quantitative estimate of drug-likeness (QED) is 0.0628. The summed E-state index contributed by atoms with van der Waals surface area (Å²) in [5, 5.41) is 36.2. The fourth-order valence-electron chi connectivity index (χ4n) is 7.95. The van der Waals surface area contributed by atoms with Gasteiger partial charge in [-0.15, -0.1) is 5.92 Å². The summed E-state index contributed by atoms with van der Waals surface area (Å²) < 4.78 is 20.0. The molecule has 57 heavy (non-hydrogen) atoms. The molecule has 2 aromatic carbocycles. The van der Waals surface area contributed by atoms with Crippen LogP contribution >= 0.6 is 0 Å². The minimum atomic E-state index is -1.31. The lowest BCUT2D eigenvalue weighted by Gasteiger charge is -2.47. The average molecular weight is 772 g/mol. The molecular weight excluding hydrogens is 727 g/mol. The molecule has 2 aliphatic rings. The first-order valence-corrected chi connectivity index (χ1v) is 18.9. The maximum absolute atomic E-state index is 14.0. The fraction of sp³-hybridized carbons (Fsp3) is 0.318. The number of ether oxygens (including phenoxy) is 2. The molecule has 0 saturated heterocycles. The molecule has 13 nitrogen and oxygen atoms in total. The van der Waals surface area contributed by atoms with Crippen molar-refractivity contribution in [3.63, 3.8) is 0 Å². The number of hydrogen-bond acceptors (Lipinski definition) is 13. The fourth-order valence-corrected chi connectivity index (χ4v) is 7.95. The second-order valence-corrected chi connectivity index (χ2v) is 14.6. The zero-order valence-electron chi connectivity index (χ0n) is 31.9. The number of phenolic OH excluding ortho intramolecular Hbond substituents is 2. The second kappa shape index (κ2) is 16.0. The minimum absolute atomic E-state index is 0.0166. The van der Waals surface area contributed by atoms with Crippen LogP contribution in [0.4, 0.5) is 11.6 Å². The van der Waals surface area contributed by atoms with E-state index in [9.17, 15) is 24.9 Å². The summed E-state index contributed by atoms with van der Waals surface area (Å²) in [4.78, 5) is 36.5. The highest BCUT2D eigenvalue weighted by Crippen LogP contribution is 2.55. The van der Waals surface area contributed by atoms with Crippen molar-refractivity contribution in [2.24, 2.45) is 5.92 Å². The Balaban J connectivity index is 1.57. The molecule has 0 fully saturated rings. The molecule has 8 N–H and O–H groups in total.